The van der Waals surface area contributed by atoms with Crippen LogP contribution in [0.4, 0.5) is 0 Å². The van der Waals surface area contributed by atoms with Crippen LogP contribution < -0.4 is 0 Å². The second kappa shape index (κ2) is 5.40. The highest BCUT2D eigenvalue weighted by molar-refractivity contribution is 5.42. The molecule has 0 amide bonds. The molecule has 0 aromatic heterocycles. The molecule has 0 bridgehead atoms. The van der Waals surface area contributed by atoms with Crippen molar-refractivity contribution in [2.24, 2.45) is 0 Å². The maximum atomic E-state index is 10.3. The zero-order valence-corrected chi connectivity index (χ0v) is 10.6. The maximum Gasteiger partial charge on any atom is 0.148 e. The Balaban J connectivity index is 2.25. The maximum absolute atomic E-state index is 10.3. The van der Waals surface area contributed by atoms with E-state index in [1.54, 1.807) is 31.2 Å². The minimum atomic E-state index is -1.19. The minimum absolute atomic E-state index is 0.598. The summed E-state index contributed by atoms with van der Waals surface area (Å²) in [6.07, 6.45) is 0. The monoisotopic (exact) mass is 247 g/mol. The van der Waals surface area contributed by atoms with Crippen LogP contribution >= 0.6 is 0 Å². The van der Waals surface area contributed by atoms with Gasteiger partial charge < -0.3 is 5.11 Å². The Morgan fingerprint density at radius 3 is 2.11 bits per heavy atom. The molecule has 2 heteroatoms. The van der Waals surface area contributed by atoms with Crippen molar-refractivity contribution in [2.75, 3.05) is 0 Å². The summed E-state index contributed by atoms with van der Waals surface area (Å²) in [5.41, 5.74) is 0.946. The summed E-state index contributed by atoms with van der Waals surface area (Å²) in [4.78, 5) is 0. The van der Waals surface area contributed by atoms with E-state index in [0.29, 0.717) is 5.56 Å². The fraction of sp³-hybridized carbons (Fsp3) is 0.118. The fourth-order valence-corrected chi connectivity index (χ4v) is 1.66. The molecule has 2 rings (SSSR count). The number of benzene rings is 2. The summed E-state index contributed by atoms with van der Waals surface area (Å²) >= 11 is 0. The topological polar surface area (TPSA) is 44.0 Å². The van der Waals surface area contributed by atoms with Crippen molar-refractivity contribution in [3.63, 3.8) is 0 Å². The highest BCUT2D eigenvalue weighted by Crippen LogP contribution is 2.19. The van der Waals surface area contributed by atoms with Gasteiger partial charge >= 0.3 is 0 Å². The van der Waals surface area contributed by atoms with Gasteiger partial charge in [-0.25, -0.2) is 0 Å². The van der Waals surface area contributed by atoms with Crippen LogP contribution in [0.1, 0.15) is 23.6 Å². The van der Waals surface area contributed by atoms with Crippen molar-refractivity contribution in [3.8, 4) is 17.9 Å². The van der Waals surface area contributed by atoms with E-state index in [1.807, 2.05) is 30.3 Å². The van der Waals surface area contributed by atoms with Crippen LogP contribution in [-0.4, -0.2) is 5.11 Å². The van der Waals surface area contributed by atoms with E-state index in [4.69, 9.17) is 5.26 Å². The molecule has 0 heterocycles. The van der Waals surface area contributed by atoms with E-state index >= 15 is 0 Å². The van der Waals surface area contributed by atoms with Crippen molar-refractivity contribution in [1.82, 2.24) is 0 Å². The summed E-state index contributed by atoms with van der Waals surface area (Å²) in [7, 11) is 0. The van der Waals surface area contributed by atoms with Gasteiger partial charge in [-0.1, -0.05) is 42.2 Å². The molecule has 0 fully saturated rings. The lowest BCUT2D eigenvalue weighted by atomic mass is 9.96. The first-order valence-electron chi connectivity index (χ1n) is 5.93. The third-order valence-corrected chi connectivity index (χ3v) is 2.80. The molecular weight excluding hydrogens is 234 g/mol. The molecule has 92 valence electrons. The Morgan fingerprint density at radius 1 is 0.947 bits per heavy atom. The van der Waals surface area contributed by atoms with Gasteiger partial charge in [-0.3, -0.25) is 0 Å². The average Bonchev–Trinajstić information content (AvgIpc) is 2.47. The summed E-state index contributed by atoms with van der Waals surface area (Å²) in [6, 6.07) is 18.3. The van der Waals surface area contributed by atoms with Crippen molar-refractivity contribution >= 4 is 0 Å². The van der Waals surface area contributed by atoms with Crippen LogP contribution in [0.25, 0.3) is 0 Å². The van der Waals surface area contributed by atoms with Crippen molar-refractivity contribution < 1.29 is 5.11 Å². The van der Waals surface area contributed by atoms with Crippen molar-refractivity contribution in [1.29, 1.82) is 5.26 Å². The van der Waals surface area contributed by atoms with Gasteiger partial charge in [-0.15, -0.1) is 0 Å². The largest absolute Gasteiger partial charge is 0.374 e. The molecule has 2 aromatic rings. The molecule has 0 saturated carbocycles. The van der Waals surface area contributed by atoms with Crippen LogP contribution in [0, 0.1) is 23.2 Å². The third-order valence-electron chi connectivity index (χ3n) is 2.80. The van der Waals surface area contributed by atoms with Crippen LogP contribution in [0.5, 0.6) is 0 Å². The number of hydrogen-bond acceptors (Lipinski definition) is 2. The van der Waals surface area contributed by atoms with Gasteiger partial charge in [0.25, 0.3) is 0 Å². The number of nitriles is 1. The number of aliphatic hydroxyl groups is 1. The van der Waals surface area contributed by atoms with Crippen LogP contribution in [0.2, 0.25) is 0 Å². The molecule has 0 saturated heterocycles. The van der Waals surface area contributed by atoms with E-state index < -0.39 is 5.60 Å². The van der Waals surface area contributed by atoms with Gasteiger partial charge in [0.15, 0.2) is 0 Å². The van der Waals surface area contributed by atoms with E-state index in [1.165, 1.54) is 0 Å². The van der Waals surface area contributed by atoms with Gasteiger partial charge in [0.05, 0.1) is 11.6 Å². The van der Waals surface area contributed by atoms with Crippen LogP contribution in [0.3, 0.4) is 0 Å². The van der Waals surface area contributed by atoms with Crippen molar-refractivity contribution in [3.05, 3.63) is 71.3 Å². The number of rotatable bonds is 1. The molecule has 0 aliphatic heterocycles. The average molecular weight is 247 g/mol. The molecule has 0 spiro atoms. The first-order chi connectivity index (χ1) is 9.12. The predicted molar refractivity (Wildman–Crippen MR) is 74.0 cm³/mol. The van der Waals surface area contributed by atoms with E-state index in [0.717, 1.165) is 11.1 Å². The minimum Gasteiger partial charge on any atom is -0.374 e. The van der Waals surface area contributed by atoms with E-state index in [2.05, 4.69) is 17.9 Å². The second-order valence-corrected chi connectivity index (χ2v) is 4.38. The Morgan fingerprint density at radius 2 is 1.53 bits per heavy atom. The quantitative estimate of drug-likeness (QED) is 0.787. The van der Waals surface area contributed by atoms with Crippen LogP contribution in [0.15, 0.2) is 54.6 Å². The Bertz CT molecular complexity index is 652. The standard InChI is InChI=1S/C17H13NO/c1-17(19,16-5-3-2-4-6-16)12-11-14-7-9-15(13-18)10-8-14/h2-10,19H,1H3. The Hall–Kier alpha value is -2.55. The Kier molecular flexibility index (Phi) is 3.66. The van der Waals surface area contributed by atoms with Gasteiger partial charge in [-0.05, 0) is 36.8 Å². The van der Waals surface area contributed by atoms with Gasteiger partial charge in [0.1, 0.15) is 5.60 Å². The predicted octanol–water partition coefficient (Wildman–Crippen LogP) is 2.82. The van der Waals surface area contributed by atoms with Gasteiger partial charge in [-0.2, -0.15) is 5.26 Å². The van der Waals surface area contributed by atoms with Crippen LogP contribution in [-0.2, 0) is 5.60 Å². The molecule has 0 radical (unpaired) electrons. The summed E-state index contributed by atoms with van der Waals surface area (Å²) in [5.74, 6) is 5.78. The smallest absolute Gasteiger partial charge is 0.148 e. The van der Waals surface area contributed by atoms with Gasteiger partial charge in [0, 0.05) is 5.56 Å². The normalized spacial score (nSPS) is 12.7. The molecule has 1 atom stereocenters. The fourth-order valence-electron chi connectivity index (χ4n) is 1.66. The Labute approximate surface area is 112 Å². The van der Waals surface area contributed by atoms with E-state index in [9.17, 15) is 5.11 Å². The highest BCUT2D eigenvalue weighted by Gasteiger charge is 2.18. The summed E-state index contributed by atoms with van der Waals surface area (Å²) in [5, 5.41) is 19.0. The molecular formula is C17H13NO. The molecule has 2 aromatic carbocycles. The van der Waals surface area contributed by atoms with Crippen molar-refractivity contribution in [2.45, 2.75) is 12.5 Å². The highest BCUT2D eigenvalue weighted by atomic mass is 16.3. The lowest BCUT2D eigenvalue weighted by molar-refractivity contribution is 0.122. The lowest BCUT2D eigenvalue weighted by Gasteiger charge is -2.16. The molecule has 1 N–H and O–H groups in total. The molecule has 0 aliphatic rings. The zero-order chi connectivity index (χ0) is 13.7. The van der Waals surface area contributed by atoms with E-state index in [-0.39, 0.29) is 0 Å². The summed E-state index contributed by atoms with van der Waals surface area (Å²) < 4.78 is 0. The first kappa shape index (κ1) is 12.9. The lowest BCUT2D eigenvalue weighted by Crippen LogP contribution is -2.18. The van der Waals surface area contributed by atoms with Gasteiger partial charge in [0.2, 0.25) is 0 Å². The summed E-state index contributed by atoms with van der Waals surface area (Å²) in [6.45, 7) is 1.67. The molecule has 2 nitrogen and oxygen atoms in total. The second-order valence-electron chi connectivity index (χ2n) is 4.38. The molecule has 0 aliphatic carbocycles. The third kappa shape index (κ3) is 3.22. The number of hydrogen-bond donors (Lipinski definition) is 1. The SMILES string of the molecule is CC(O)(C#Cc1ccc(C#N)cc1)c1ccccc1. The number of nitrogens with zero attached hydrogens (tertiary/aromatic N) is 1. The zero-order valence-electron chi connectivity index (χ0n) is 10.6. The molecule has 19 heavy (non-hydrogen) atoms. The molecule has 1 unspecified atom stereocenters. The first-order valence-corrected chi connectivity index (χ1v) is 5.93.